The summed E-state index contributed by atoms with van der Waals surface area (Å²) in [7, 11) is 3.86. The minimum atomic E-state index is -0.358. The van der Waals surface area contributed by atoms with Crippen LogP contribution in [-0.4, -0.2) is 20.1 Å². The molecule has 2 aromatic rings. The molecule has 5 heteroatoms. The fourth-order valence-corrected chi connectivity index (χ4v) is 1.85. The Balaban J connectivity index is 1.92. The minimum Gasteiger partial charge on any atom is -0.378 e. The van der Waals surface area contributed by atoms with E-state index in [1.54, 1.807) is 18.2 Å². The van der Waals surface area contributed by atoms with Gasteiger partial charge in [0.15, 0.2) is 0 Å². The van der Waals surface area contributed by atoms with Crippen LogP contribution in [0.3, 0.4) is 0 Å². The van der Waals surface area contributed by atoms with E-state index in [4.69, 9.17) is 0 Å². The second kappa shape index (κ2) is 7.26. The van der Waals surface area contributed by atoms with Crippen molar-refractivity contribution in [1.29, 1.82) is 0 Å². The van der Waals surface area contributed by atoms with E-state index >= 15 is 0 Å². The van der Waals surface area contributed by atoms with E-state index in [2.05, 4.69) is 10.6 Å². The van der Waals surface area contributed by atoms with Crippen LogP contribution in [-0.2, 0) is 0 Å². The lowest BCUT2D eigenvalue weighted by Gasteiger charge is -2.13. The van der Waals surface area contributed by atoms with Crippen LogP contribution in [0.5, 0.6) is 0 Å². The zero-order chi connectivity index (χ0) is 15.9. The van der Waals surface area contributed by atoms with Gasteiger partial charge in [-0.15, -0.1) is 0 Å². The van der Waals surface area contributed by atoms with Crippen molar-refractivity contribution in [2.45, 2.75) is 0 Å². The summed E-state index contributed by atoms with van der Waals surface area (Å²) in [4.78, 5) is 13.7. The molecule has 4 nitrogen and oxygen atoms in total. The molecule has 114 valence electrons. The van der Waals surface area contributed by atoms with Gasteiger partial charge < -0.3 is 15.5 Å². The summed E-state index contributed by atoms with van der Waals surface area (Å²) in [6.45, 7) is 0. The van der Waals surface area contributed by atoms with Crippen molar-refractivity contribution < 1.29 is 9.18 Å². The van der Waals surface area contributed by atoms with E-state index in [9.17, 15) is 9.18 Å². The molecular formula is C17H18FN3O. The predicted molar refractivity (Wildman–Crippen MR) is 88.4 cm³/mol. The number of nitrogens with one attached hydrogen (secondary N) is 2. The smallest absolute Gasteiger partial charge is 0.323 e. The van der Waals surface area contributed by atoms with Crippen LogP contribution >= 0.6 is 0 Å². The number of benzene rings is 2. The summed E-state index contributed by atoms with van der Waals surface area (Å²) in [5.74, 6) is -0.313. The molecule has 0 aliphatic rings. The molecule has 0 saturated carbocycles. The number of rotatable bonds is 4. The molecule has 22 heavy (non-hydrogen) atoms. The molecule has 0 radical (unpaired) electrons. The van der Waals surface area contributed by atoms with Crippen LogP contribution in [0.25, 0.3) is 6.08 Å². The molecule has 2 N–H and O–H groups in total. The molecule has 0 aromatic heterocycles. The van der Waals surface area contributed by atoms with Crippen LogP contribution < -0.4 is 15.5 Å². The van der Waals surface area contributed by atoms with E-state index in [1.165, 1.54) is 18.3 Å². The second-order valence-electron chi connectivity index (χ2n) is 4.93. The number of hydrogen-bond donors (Lipinski definition) is 2. The fraction of sp³-hybridized carbons (Fsp3) is 0.118. The van der Waals surface area contributed by atoms with Crippen LogP contribution in [0, 0.1) is 5.82 Å². The van der Waals surface area contributed by atoms with Gasteiger partial charge in [-0.05, 0) is 42.0 Å². The van der Waals surface area contributed by atoms with E-state index in [1.807, 2.05) is 43.3 Å². The number of carbonyl (C=O) groups excluding carboxylic acids is 1. The number of urea groups is 1. The topological polar surface area (TPSA) is 44.4 Å². The summed E-state index contributed by atoms with van der Waals surface area (Å²) < 4.78 is 13.0. The van der Waals surface area contributed by atoms with Crippen molar-refractivity contribution in [3.05, 3.63) is 66.1 Å². The molecular weight excluding hydrogens is 281 g/mol. The molecule has 2 amide bonds. The summed E-state index contributed by atoms with van der Waals surface area (Å²) in [5.41, 5.74) is 2.37. The van der Waals surface area contributed by atoms with Crippen molar-refractivity contribution in [3.8, 4) is 0 Å². The number of hydrogen-bond acceptors (Lipinski definition) is 2. The quantitative estimate of drug-likeness (QED) is 0.904. The van der Waals surface area contributed by atoms with E-state index in [0.29, 0.717) is 11.3 Å². The average Bonchev–Trinajstić information content (AvgIpc) is 2.47. The van der Waals surface area contributed by atoms with E-state index < -0.39 is 0 Å². The van der Waals surface area contributed by atoms with E-state index in [0.717, 1.165) is 5.69 Å². The van der Waals surface area contributed by atoms with Crippen molar-refractivity contribution in [1.82, 2.24) is 5.32 Å². The SMILES string of the molecule is CN(C)c1cccc(NC(=O)N/C=C/c2cccc(F)c2)c1. The molecule has 0 atom stereocenters. The Morgan fingerprint density at radius 1 is 1.14 bits per heavy atom. The number of halogens is 1. The Bertz CT molecular complexity index is 683. The first-order valence-electron chi connectivity index (χ1n) is 6.81. The normalized spacial score (nSPS) is 10.5. The van der Waals surface area contributed by atoms with E-state index in [-0.39, 0.29) is 11.8 Å². The molecule has 0 bridgehead atoms. The Kier molecular flexibility index (Phi) is 5.14. The van der Waals surface area contributed by atoms with Crippen molar-refractivity contribution in [2.75, 3.05) is 24.3 Å². The van der Waals surface area contributed by atoms with Gasteiger partial charge >= 0.3 is 6.03 Å². The third-order valence-electron chi connectivity index (χ3n) is 2.96. The number of amides is 2. The molecule has 0 saturated heterocycles. The number of nitrogens with zero attached hydrogens (tertiary/aromatic N) is 1. The molecule has 0 aliphatic heterocycles. The van der Waals surface area contributed by atoms with Gasteiger partial charge in [-0.1, -0.05) is 18.2 Å². The highest BCUT2D eigenvalue weighted by Crippen LogP contribution is 2.17. The summed E-state index contributed by atoms with van der Waals surface area (Å²) in [5, 5.41) is 5.31. The maximum Gasteiger partial charge on any atom is 0.323 e. The average molecular weight is 299 g/mol. The lowest BCUT2D eigenvalue weighted by molar-refractivity contribution is 0.255. The van der Waals surface area contributed by atoms with Gasteiger partial charge in [0, 0.05) is 31.7 Å². The van der Waals surface area contributed by atoms with Gasteiger partial charge in [-0.25, -0.2) is 9.18 Å². The zero-order valence-corrected chi connectivity index (χ0v) is 12.5. The van der Waals surface area contributed by atoms with Crippen LogP contribution in [0.4, 0.5) is 20.6 Å². The molecule has 0 spiro atoms. The summed E-state index contributed by atoms with van der Waals surface area (Å²) in [6, 6.07) is 13.3. The first-order chi connectivity index (χ1) is 10.5. The van der Waals surface area contributed by atoms with Gasteiger partial charge in [-0.2, -0.15) is 0 Å². The van der Waals surface area contributed by atoms with Crippen LogP contribution in [0.2, 0.25) is 0 Å². The zero-order valence-electron chi connectivity index (χ0n) is 12.5. The maximum absolute atomic E-state index is 13.0. The highest BCUT2D eigenvalue weighted by molar-refractivity contribution is 5.90. The fourth-order valence-electron chi connectivity index (χ4n) is 1.85. The van der Waals surface area contributed by atoms with Gasteiger partial charge in [0.25, 0.3) is 0 Å². The maximum atomic E-state index is 13.0. The van der Waals surface area contributed by atoms with Crippen molar-refractivity contribution >= 4 is 23.5 Å². The number of anilines is 2. The lowest BCUT2D eigenvalue weighted by atomic mass is 10.2. The Morgan fingerprint density at radius 3 is 2.64 bits per heavy atom. The largest absolute Gasteiger partial charge is 0.378 e. The predicted octanol–water partition coefficient (Wildman–Crippen LogP) is 3.68. The summed E-state index contributed by atoms with van der Waals surface area (Å²) >= 11 is 0. The monoisotopic (exact) mass is 299 g/mol. The first kappa shape index (κ1) is 15.6. The molecule has 0 heterocycles. The summed E-state index contributed by atoms with van der Waals surface area (Å²) in [6.07, 6.45) is 3.10. The first-order valence-corrected chi connectivity index (χ1v) is 6.81. The highest BCUT2D eigenvalue weighted by Gasteiger charge is 2.01. The third-order valence-corrected chi connectivity index (χ3v) is 2.96. The van der Waals surface area contributed by atoms with Crippen molar-refractivity contribution in [3.63, 3.8) is 0 Å². The second-order valence-corrected chi connectivity index (χ2v) is 4.93. The van der Waals surface area contributed by atoms with Gasteiger partial charge in [-0.3, -0.25) is 0 Å². The minimum absolute atomic E-state index is 0.313. The molecule has 0 aliphatic carbocycles. The Hall–Kier alpha value is -2.82. The molecule has 2 rings (SSSR count). The third kappa shape index (κ3) is 4.63. The highest BCUT2D eigenvalue weighted by atomic mass is 19.1. The van der Waals surface area contributed by atoms with Gasteiger partial charge in [0.1, 0.15) is 5.82 Å². The van der Waals surface area contributed by atoms with Crippen molar-refractivity contribution in [2.24, 2.45) is 0 Å². The molecule has 2 aromatic carbocycles. The number of carbonyl (C=O) groups is 1. The van der Waals surface area contributed by atoms with Crippen LogP contribution in [0.1, 0.15) is 5.56 Å². The Labute approximate surface area is 129 Å². The molecule has 0 fully saturated rings. The van der Waals surface area contributed by atoms with Gasteiger partial charge in [0.05, 0.1) is 0 Å². The lowest BCUT2D eigenvalue weighted by Crippen LogP contribution is -2.23. The standard InChI is InChI=1S/C17H18FN3O/c1-21(2)16-8-4-7-15(12-16)20-17(22)19-10-9-13-5-3-6-14(18)11-13/h3-12H,1-2H3,(H2,19,20,22)/b10-9+. The molecule has 0 unspecified atom stereocenters. The van der Waals surface area contributed by atoms with Gasteiger partial charge in [0.2, 0.25) is 0 Å². The Morgan fingerprint density at radius 2 is 1.91 bits per heavy atom. The van der Waals surface area contributed by atoms with Crippen LogP contribution in [0.15, 0.2) is 54.7 Å².